The zero-order valence-electron chi connectivity index (χ0n) is 15.8. The van der Waals surface area contributed by atoms with Gasteiger partial charge in [-0.3, -0.25) is 19.7 Å². The molecule has 0 radical (unpaired) electrons. The molecule has 0 atom stereocenters. The lowest BCUT2D eigenvalue weighted by atomic mass is 10.2. The number of ether oxygens (including phenoxy) is 1. The van der Waals surface area contributed by atoms with Gasteiger partial charge in [-0.1, -0.05) is 17.7 Å². The Balaban J connectivity index is 1.78. The number of amides is 1. The summed E-state index contributed by atoms with van der Waals surface area (Å²) in [6.07, 6.45) is -0.288. The van der Waals surface area contributed by atoms with Crippen LogP contribution in [0.4, 0.5) is 11.4 Å². The molecule has 2 aromatic carbocycles. The Morgan fingerprint density at radius 3 is 2.57 bits per heavy atom. The highest BCUT2D eigenvalue weighted by molar-refractivity contribution is 7.89. The van der Waals surface area contributed by atoms with E-state index >= 15 is 0 Å². The van der Waals surface area contributed by atoms with Crippen molar-refractivity contribution >= 4 is 44.9 Å². The number of aryl methyl sites for hydroxylation is 1. The number of nitro groups is 1. The molecular weight excluding hydrogens is 438 g/mol. The molecular formula is C18H18ClN3O7S. The normalized spacial score (nSPS) is 11.0. The first kappa shape index (κ1) is 23.3. The van der Waals surface area contributed by atoms with Gasteiger partial charge < -0.3 is 10.1 Å². The average molecular weight is 456 g/mol. The number of nitrogens with one attached hydrogen (secondary N) is 2. The molecule has 2 rings (SSSR count). The number of rotatable bonds is 9. The molecule has 0 aromatic heterocycles. The van der Waals surface area contributed by atoms with E-state index in [4.69, 9.17) is 16.3 Å². The second-order valence-corrected chi connectivity index (χ2v) is 8.27. The molecule has 160 valence electrons. The largest absolute Gasteiger partial charge is 0.456 e. The van der Waals surface area contributed by atoms with E-state index in [0.717, 1.165) is 0 Å². The summed E-state index contributed by atoms with van der Waals surface area (Å²) in [7, 11) is -3.83. The summed E-state index contributed by atoms with van der Waals surface area (Å²) in [6, 6.07) is 9.55. The second-order valence-electron chi connectivity index (χ2n) is 6.07. The van der Waals surface area contributed by atoms with Gasteiger partial charge in [0.2, 0.25) is 10.0 Å². The molecule has 1 amide bonds. The van der Waals surface area contributed by atoms with Crippen LogP contribution in [-0.4, -0.2) is 38.4 Å². The summed E-state index contributed by atoms with van der Waals surface area (Å²) in [4.78, 5) is 33.7. The lowest BCUT2D eigenvalue weighted by Gasteiger charge is -2.09. The molecule has 2 N–H and O–H groups in total. The summed E-state index contributed by atoms with van der Waals surface area (Å²) in [6.45, 7) is 0.772. The van der Waals surface area contributed by atoms with Crippen LogP contribution in [0.2, 0.25) is 5.02 Å². The van der Waals surface area contributed by atoms with Crippen LogP contribution >= 0.6 is 11.6 Å². The summed E-state index contributed by atoms with van der Waals surface area (Å²) in [5.41, 5.74) is 0.701. The van der Waals surface area contributed by atoms with Crippen molar-refractivity contribution < 1.29 is 27.7 Å². The van der Waals surface area contributed by atoms with E-state index in [2.05, 4.69) is 10.0 Å². The lowest BCUT2D eigenvalue weighted by Crippen LogP contribution is -2.28. The standard InChI is InChI=1S/C18H18ClN3O7S/c1-12-9-14(22(25)26)5-6-16(12)21-17(23)11-29-18(24)7-8-20-30(27,28)15-4-2-3-13(19)10-15/h2-6,9-10,20H,7-8,11H2,1H3,(H,21,23). The molecule has 0 aliphatic carbocycles. The van der Waals surface area contributed by atoms with Crippen LogP contribution in [0.25, 0.3) is 0 Å². The first-order valence-electron chi connectivity index (χ1n) is 8.54. The summed E-state index contributed by atoms with van der Waals surface area (Å²) in [5, 5.41) is 13.5. The van der Waals surface area contributed by atoms with Gasteiger partial charge in [-0.05, 0) is 36.8 Å². The topological polar surface area (TPSA) is 145 Å². The van der Waals surface area contributed by atoms with Gasteiger partial charge in [0.1, 0.15) is 0 Å². The highest BCUT2D eigenvalue weighted by Gasteiger charge is 2.16. The smallest absolute Gasteiger partial charge is 0.307 e. The molecule has 0 saturated carbocycles. The minimum absolute atomic E-state index is 0.0405. The number of halogens is 1. The Morgan fingerprint density at radius 2 is 1.93 bits per heavy atom. The maximum absolute atomic E-state index is 12.1. The van der Waals surface area contributed by atoms with Crippen molar-refractivity contribution in [2.75, 3.05) is 18.5 Å². The number of carbonyl (C=O) groups excluding carboxylic acids is 2. The van der Waals surface area contributed by atoms with Crippen LogP contribution < -0.4 is 10.0 Å². The van der Waals surface area contributed by atoms with Crippen LogP contribution in [-0.2, 0) is 24.3 Å². The van der Waals surface area contributed by atoms with Gasteiger partial charge >= 0.3 is 5.97 Å². The molecule has 2 aromatic rings. The number of esters is 1. The van der Waals surface area contributed by atoms with Crippen molar-refractivity contribution in [3.05, 3.63) is 63.2 Å². The highest BCUT2D eigenvalue weighted by Crippen LogP contribution is 2.21. The number of nitro benzene ring substituents is 1. The molecule has 12 heteroatoms. The first-order valence-corrected chi connectivity index (χ1v) is 10.4. The van der Waals surface area contributed by atoms with Crippen molar-refractivity contribution in [3.63, 3.8) is 0 Å². The van der Waals surface area contributed by atoms with Crippen LogP contribution in [0.1, 0.15) is 12.0 Å². The third kappa shape index (κ3) is 6.79. The van der Waals surface area contributed by atoms with Crippen LogP contribution in [0, 0.1) is 17.0 Å². The number of sulfonamides is 1. The maximum Gasteiger partial charge on any atom is 0.307 e. The van der Waals surface area contributed by atoms with Crippen LogP contribution in [0.3, 0.4) is 0 Å². The van der Waals surface area contributed by atoms with Crippen molar-refractivity contribution in [1.82, 2.24) is 4.72 Å². The summed E-state index contributed by atoms with van der Waals surface area (Å²) >= 11 is 5.76. The fraction of sp³-hybridized carbons (Fsp3) is 0.222. The molecule has 0 unspecified atom stereocenters. The predicted molar refractivity (Wildman–Crippen MR) is 109 cm³/mol. The van der Waals surface area contributed by atoms with E-state index in [1.54, 1.807) is 6.92 Å². The predicted octanol–water partition coefficient (Wildman–Crippen LogP) is 2.41. The van der Waals surface area contributed by atoms with Crippen LogP contribution in [0.5, 0.6) is 0 Å². The summed E-state index contributed by atoms with van der Waals surface area (Å²) < 4.78 is 31.3. The van der Waals surface area contributed by atoms with Gasteiger partial charge in [0.25, 0.3) is 11.6 Å². The zero-order chi connectivity index (χ0) is 22.3. The van der Waals surface area contributed by atoms with Crippen molar-refractivity contribution in [2.45, 2.75) is 18.2 Å². The molecule has 0 heterocycles. The number of hydrogen-bond donors (Lipinski definition) is 2. The van der Waals surface area contributed by atoms with Gasteiger partial charge in [-0.15, -0.1) is 0 Å². The second kappa shape index (κ2) is 10.1. The van der Waals surface area contributed by atoms with Gasteiger partial charge in [0, 0.05) is 29.4 Å². The number of nitrogens with zero attached hydrogens (tertiary/aromatic N) is 1. The Bertz CT molecular complexity index is 1070. The van der Waals surface area contributed by atoms with Crippen molar-refractivity contribution in [1.29, 1.82) is 0 Å². The minimum Gasteiger partial charge on any atom is -0.456 e. The number of carbonyl (C=O) groups is 2. The van der Waals surface area contributed by atoms with Gasteiger partial charge in [-0.2, -0.15) is 0 Å². The van der Waals surface area contributed by atoms with Crippen molar-refractivity contribution in [3.8, 4) is 0 Å². The van der Waals surface area contributed by atoms with E-state index in [0.29, 0.717) is 11.3 Å². The van der Waals surface area contributed by atoms with E-state index in [9.17, 15) is 28.1 Å². The number of hydrogen-bond acceptors (Lipinski definition) is 7. The van der Waals surface area contributed by atoms with Crippen LogP contribution in [0.15, 0.2) is 47.4 Å². The first-order chi connectivity index (χ1) is 14.1. The van der Waals surface area contributed by atoms with E-state index in [-0.39, 0.29) is 28.6 Å². The molecule has 0 spiro atoms. The molecule has 10 nitrogen and oxygen atoms in total. The molecule has 0 aliphatic rings. The minimum atomic E-state index is -3.83. The Labute approximate surface area is 177 Å². The fourth-order valence-electron chi connectivity index (χ4n) is 2.31. The lowest BCUT2D eigenvalue weighted by molar-refractivity contribution is -0.384. The highest BCUT2D eigenvalue weighted by atomic mass is 35.5. The Morgan fingerprint density at radius 1 is 1.20 bits per heavy atom. The average Bonchev–Trinajstić information content (AvgIpc) is 2.67. The van der Waals surface area contributed by atoms with Crippen molar-refractivity contribution in [2.24, 2.45) is 0 Å². The SMILES string of the molecule is Cc1cc([N+](=O)[O-])ccc1NC(=O)COC(=O)CCNS(=O)(=O)c1cccc(Cl)c1. The van der Waals surface area contributed by atoms with Gasteiger partial charge in [-0.25, -0.2) is 13.1 Å². The quantitative estimate of drug-likeness (QED) is 0.335. The molecule has 30 heavy (non-hydrogen) atoms. The molecule has 0 fully saturated rings. The molecule has 0 bridgehead atoms. The number of anilines is 1. The number of non-ortho nitro benzene ring substituents is 1. The fourth-order valence-corrected chi connectivity index (χ4v) is 3.64. The molecule has 0 aliphatic heterocycles. The Kier molecular flexibility index (Phi) is 7.86. The van der Waals surface area contributed by atoms with Gasteiger partial charge in [0.15, 0.2) is 6.61 Å². The number of benzene rings is 2. The van der Waals surface area contributed by atoms with Gasteiger partial charge in [0.05, 0.1) is 16.2 Å². The summed E-state index contributed by atoms with van der Waals surface area (Å²) in [5.74, 6) is -1.42. The third-order valence-corrected chi connectivity index (χ3v) is 5.48. The third-order valence-electron chi connectivity index (χ3n) is 3.79. The van der Waals surface area contributed by atoms with E-state index in [1.165, 1.54) is 42.5 Å². The molecule has 0 saturated heterocycles. The van der Waals surface area contributed by atoms with E-state index < -0.39 is 33.4 Å². The maximum atomic E-state index is 12.1. The zero-order valence-corrected chi connectivity index (χ0v) is 17.3. The monoisotopic (exact) mass is 455 g/mol. The Hall–Kier alpha value is -3.02. The van der Waals surface area contributed by atoms with E-state index in [1.807, 2.05) is 0 Å².